The largest absolute Gasteiger partial charge is 0.337 e. The minimum absolute atomic E-state index is 0.279. The lowest BCUT2D eigenvalue weighted by atomic mass is 10.0. The molecular weight excluding hydrogens is 250 g/mol. The average Bonchev–Trinajstić information content (AvgIpc) is 3.05. The summed E-state index contributed by atoms with van der Waals surface area (Å²) in [6, 6.07) is 8.55. The molecule has 4 heteroatoms. The summed E-state index contributed by atoms with van der Waals surface area (Å²) < 4.78 is 5.49. The Hall–Kier alpha value is -1.68. The van der Waals surface area contributed by atoms with Crippen LogP contribution in [0.15, 0.2) is 28.8 Å². The minimum atomic E-state index is -0.280. The molecule has 106 valence electrons. The Kier molecular flexibility index (Phi) is 3.34. The summed E-state index contributed by atoms with van der Waals surface area (Å²) >= 11 is 0. The van der Waals surface area contributed by atoms with E-state index >= 15 is 0 Å². The molecule has 0 bridgehead atoms. The molecule has 1 unspecified atom stereocenters. The van der Waals surface area contributed by atoms with E-state index in [-0.39, 0.29) is 11.5 Å². The Bertz CT molecular complexity index is 603. The maximum Gasteiger partial charge on any atom is 0.246 e. The summed E-state index contributed by atoms with van der Waals surface area (Å²) in [6.07, 6.45) is 2.17. The van der Waals surface area contributed by atoms with Crippen molar-refractivity contribution in [2.45, 2.75) is 45.1 Å². The number of rotatable bonds is 4. The van der Waals surface area contributed by atoms with Gasteiger partial charge in [0.25, 0.3) is 0 Å². The summed E-state index contributed by atoms with van der Waals surface area (Å²) in [6.45, 7) is 7.08. The van der Waals surface area contributed by atoms with Gasteiger partial charge in [0.05, 0.1) is 5.54 Å². The third-order valence-corrected chi connectivity index (χ3v) is 4.04. The molecule has 0 aliphatic heterocycles. The van der Waals surface area contributed by atoms with Crippen molar-refractivity contribution in [3.63, 3.8) is 0 Å². The number of benzene rings is 1. The zero-order valence-electron chi connectivity index (χ0n) is 12.3. The van der Waals surface area contributed by atoms with Crippen LogP contribution in [0.3, 0.4) is 0 Å². The first-order valence-corrected chi connectivity index (χ1v) is 7.28. The molecule has 0 fully saturated rings. The molecule has 1 aliphatic carbocycles. The first-order valence-electron chi connectivity index (χ1n) is 7.28. The van der Waals surface area contributed by atoms with Crippen LogP contribution < -0.4 is 5.32 Å². The highest BCUT2D eigenvalue weighted by Gasteiger charge is 2.31. The van der Waals surface area contributed by atoms with Crippen molar-refractivity contribution in [2.75, 3.05) is 6.54 Å². The van der Waals surface area contributed by atoms with Gasteiger partial charge in [0.15, 0.2) is 5.82 Å². The number of fused-ring (bicyclic) bond motifs is 1. The Balaban J connectivity index is 1.89. The first kappa shape index (κ1) is 13.3. The Morgan fingerprint density at radius 3 is 2.95 bits per heavy atom. The lowest BCUT2D eigenvalue weighted by Crippen LogP contribution is -2.36. The fraction of sp³-hybridized carbons (Fsp3) is 0.500. The standard InChI is InChI=1S/C16H21N3O/c1-4-17-16(2,3)15-18-14(19-20-15)13-10-9-11-7-5-6-8-12(11)13/h5-8,13,17H,4,9-10H2,1-3H3. The maximum atomic E-state index is 5.49. The van der Waals surface area contributed by atoms with E-state index in [1.54, 1.807) is 0 Å². The van der Waals surface area contributed by atoms with Crippen LogP contribution in [0.2, 0.25) is 0 Å². The predicted octanol–water partition coefficient (Wildman–Crippen LogP) is 2.99. The van der Waals surface area contributed by atoms with E-state index in [4.69, 9.17) is 4.52 Å². The molecule has 1 aromatic heterocycles. The quantitative estimate of drug-likeness (QED) is 0.928. The summed E-state index contributed by atoms with van der Waals surface area (Å²) in [4.78, 5) is 4.64. The van der Waals surface area contributed by atoms with Crippen LogP contribution in [-0.4, -0.2) is 16.7 Å². The lowest BCUT2D eigenvalue weighted by molar-refractivity contribution is 0.270. The van der Waals surface area contributed by atoms with Gasteiger partial charge in [0.2, 0.25) is 5.89 Å². The highest BCUT2D eigenvalue weighted by Crippen LogP contribution is 2.37. The third-order valence-electron chi connectivity index (χ3n) is 4.04. The zero-order chi connectivity index (χ0) is 14.2. The highest BCUT2D eigenvalue weighted by atomic mass is 16.5. The van der Waals surface area contributed by atoms with Crippen LogP contribution in [0.25, 0.3) is 0 Å². The van der Waals surface area contributed by atoms with E-state index in [9.17, 15) is 0 Å². The molecule has 3 rings (SSSR count). The fourth-order valence-corrected chi connectivity index (χ4v) is 2.97. The number of aromatic nitrogens is 2. The van der Waals surface area contributed by atoms with Crippen molar-refractivity contribution in [2.24, 2.45) is 0 Å². The van der Waals surface area contributed by atoms with Crippen molar-refractivity contribution < 1.29 is 4.52 Å². The second-order valence-electron chi connectivity index (χ2n) is 5.90. The molecule has 0 saturated carbocycles. The Morgan fingerprint density at radius 2 is 2.15 bits per heavy atom. The summed E-state index contributed by atoms with van der Waals surface area (Å²) in [5, 5.41) is 7.58. The van der Waals surface area contributed by atoms with Crippen LogP contribution >= 0.6 is 0 Å². The van der Waals surface area contributed by atoms with Crippen molar-refractivity contribution in [3.05, 3.63) is 47.1 Å². The van der Waals surface area contributed by atoms with Gasteiger partial charge in [-0.1, -0.05) is 36.3 Å². The van der Waals surface area contributed by atoms with Crippen LogP contribution in [0, 0.1) is 0 Å². The van der Waals surface area contributed by atoms with E-state index in [1.165, 1.54) is 11.1 Å². The van der Waals surface area contributed by atoms with Crippen molar-refractivity contribution in [1.82, 2.24) is 15.5 Å². The van der Waals surface area contributed by atoms with Gasteiger partial charge in [-0.2, -0.15) is 4.98 Å². The van der Waals surface area contributed by atoms with Gasteiger partial charge < -0.3 is 9.84 Å². The van der Waals surface area contributed by atoms with E-state index in [1.807, 2.05) is 0 Å². The lowest BCUT2D eigenvalue weighted by Gasteiger charge is -2.20. The molecule has 0 saturated heterocycles. The van der Waals surface area contributed by atoms with Gasteiger partial charge in [0, 0.05) is 5.92 Å². The van der Waals surface area contributed by atoms with Crippen LogP contribution in [0.5, 0.6) is 0 Å². The zero-order valence-corrected chi connectivity index (χ0v) is 12.3. The monoisotopic (exact) mass is 271 g/mol. The maximum absolute atomic E-state index is 5.49. The topological polar surface area (TPSA) is 51.0 Å². The van der Waals surface area contributed by atoms with Crippen LogP contribution in [-0.2, 0) is 12.0 Å². The highest BCUT2D eigenvalue weighted by molar-refractivity contribution is 5.38. The second kappa shape index (κ2) is 5.02. The Morgan fingerprint density at radius 1 is 1.35 bits per heavy atom. The molecule has 1 heterocycles. The Labute approximate surface area is 119 Å². The van der Waals surface area contributed by atoms with Gasteiger partial charge in [-0.3, -0.25) is 0 Å². The van der Waals surface area contributed by atoms with Gasteiger partial charge in [0.1, 0.15) is 0 Å². The van der Waals surface area contributed by atoms with E-state index < -0.39 is 0 Å². The predicted molar refractivity (Wildman–Crippen MR) is 77.6 cm³/mol. The summed E-state index contributed by atoms with van der Waals surface area (Å²) in [5.74, 6) is 1.76. The molecule has 2 aromatic rings. The average molecular weight is 271 g/mol. The van der Waals surface area contributed by atoms with E-state index in [0.717, 1.165) is 25.2 Å². The number of hydrogen-bond donors (Lipinski definition) is 1. The van der Waals surface area contributed by atoms with Crippen molar-refractivity contribution in [1.29, 1.82) is 0 Å². The molecule has 1 N–H and O–H groups in total. The smallest absolute Gasteiger partial charge is 0.246 e. The molecule has 1 aromatic carbocycles. The van der Waals surface area contributed by atoms with E-state index in [0.29, 0.717) is 5.89 Å². The normalized spacial score (nSPS) is 18.2. The van der Waals surface area contributed by atoms with Crippen molar-refractivity contribution >= 4 is 0 Å². The molecule has 4 nitrogen and oxygen atoms in total. The third kappa shape index (κ3) is 2.24. The molecular formula is C16H21N3O. The van der Waals surface area contributed by atoms with Crippen molar-refractivity contribution in [3.8, 4) is 0 Å². The molecule has 1 atom stereocenters. The van der Waals surface area contributed by atoms with Gasteiger partial charge in [-0.25, -0.2) is 0 Å². The first-order chi connectivity index (χ1) is 9.62. The molecule has 20 heavy (non-hydrogen) atoms. The molecule has 0 amide bonds. The van der Waals surface area contributed by atoms with Crippen LogP contribution in [0.1, 0.15) is 56.0 Å². The molecule has 1 aliphatic rings. The SMILES string of the molecule is CCNC(C)(C)c1nc(C2CCc3ccccc32)no1. The van der Waals surface area contributed by atoms with Gasteiger partial charge in [-0.05, 0) is 44.4 Å². The number of nitrogens with zero attached hydrogens (tertiary/aromatic N) is 2. The number of hydrogen-bond acceptors (Lipinski definition) is 4. The van der Waals surface area contributed by atoms with Gasteiger partial charge in [-0.15, -0.1) is 0 Å². The molecule has 0 spiro atoms. The number of aryl methyl sites for hydroxylation is 1. The minimum Gasteiger partial charge on any atom is -0.337 e. The van der Waals surface area contributed by atoms with Gasteiger partial charge >= 0.3 is 0 Å². The number of nitrogens with one attached hydrogen (secondary N) is 1. The molecule has 0 radical (unpaired) electrons. The summed E-state index contributed by atoms with van der Waals surface area (Å²) in [5.41, 5.74) is 2.48. The van der Waals surface area contributed by atoms with E-state index in [2.05, 4.69) is 60.5 Å². The summed E-state index contributed by atoms with van der Waals surface area (Å²) in [7, 11) is 0. The van der Waals surface area contributed by atoms with Crippen LogP contribution in [0.4, 0.5) is 0 Å². The fourth-order valence-electron chi connectivity index (χ4n) is 2.97. The second-order valence-corrected chi connectivity index (χ2v) is 5.90.